The number of hydrogen-bond donors (Lipinski definition) is 2. The molecule has 1 fully saturated rings. The Balaban J connectivity index is 1.66. The van der Waals surface area contributed by atoms with Crippen molar-refractivity contribution in [3.05, 3.63) is 53.5 Å². The quantitative estimate of drug-likeness (QED) is 0.280. The molecule has 2 N–H and O–H groups in total. The first kappa shape index (κ1) is 24.9. The third kappa shape index (κ3) is 5.37. The number of fused-ring (bicyclic) bond motifs is 1. The van der Waals surface area contributed by atoms with Crippen LogP contribution in [0.4, 0.5) is 18.9 Å². The van der Waals surface area contributed by atoms with Crippen LogP contribution >= 0.6 is 22.6 Å². The first-order valence-electron chi connectivity index (χ1n) is 11.1. The zero-order valence-electron chi connectivity index (χ0n) is 18.9. The molecule has 1 aliphatic carbocycles. The number of aromatic nitrogens is 3. The number of pyridine rings is 1. The van der Waals surface area contributed by atoms with E-state index in [1.165, 1.54) is 6.07 Å². The molecule has 4 rings (SSSR count). The molecule has 2 aromatic heterocycles. The minimum absolute atomic E-state index is 0.296. The number of nitrogens with one attached hydrogen (secondary N) is 1. The number of rotatable bonds is 5. The van der Waals surface area contributed by atoms with E-state index in [4.69, 9.17) is 5.10 Å². The number of carbonyl (C=O) groups is 1. The number of benzene rings is 1. The van der Waals surface area contributed by atoms with Crippen LogP contribution in [0.1, 0.15) is 67.3 Å². The second kappa shape index (κ2) is 9.44. The number of aliphatic hydroxyl groups is 1. The van der Waals surface area contributed by atoms with Crippen LogP contribution in [0.5, 0.6) is 0 Å². The van der Waals surface area contributed by atoms with Gasteiger partial charge in [0.2, 0.25) is 0 Å². The highest BCUT2D eigenvalue weighted by atomic mass is 127. The van der Waals surface area contributed by atoms with Crippen LogP contribution in [0.3, 0.4) is 0 Å². The molecule has 2 heterocycles. The molecular formula is C24H26F3IN4O2. The Morgan fingerprint density at radius 1 is 1.21 bits per heavy atom. The van der Waals surface area contributed by atoms with Gasteiger partial charge in [0.25, 0.3) is 5.91 Å². The maximum Gasteiger partial charge on any atom is 0.433 e. The summed E-state index contributed by atoms with van der Waals surface area (Å²) in [6.07, 6.45) is 1.68. The van der Waals surface area contributed by atoms with E-state index in [1.807, 2.05) is 10.9 Å². The lowest BCUT2D eigenvalue weighted by molar-refractivity contribution is -0.141. The van der Waals surface area contributed by atoms with Crippen LogP contribution in [-0.4, -0.2) is 30.2 Å². The zero-order valence-corrected chi connectivity index (χ0v) is 21.0. The van der Waals surface area contributed by atoms with Crippen LogP contribution in [0.2, 0.25) is 0 Å². The van der Waals surface area contributed by atoms with Crippen molar-refractivity contribution in [1.29, 1.82) is 0 Å². The summed E-state index contributed by atoms with van der Waals surface area (Å²) in [5.41, 5.74) is -1.42. The van der Waals surface area contributed by atoms with E-state index in [1.54, 1.807) is 26.0 Å². The summed E-state index contributed by atoms with van der Waals surface area (Å²) < 4.78 is 42.2. The number of amides is 1. The highest BCUT2D eigenvalue weighted by molar-refractivity contribution is 14.1. The summed E-state index contributed by atoms with van der Waals surface area (Å²) in [6, 6.07) is 6.89. The van der Waals surface area contributed by atoms with Crippen LogP contribution < -0.4 is 5.32 Å². The Morgan fingerprint density at radius 2 is 1.91 bits per heavy atom. The molecule has 1 saturated carbocycles. The van der Waals surface area contributed by atoms with Gasteiger partial charge in [-0.1, -0.05) is 28.7 Å². The standard InChI is InChI=1S/C24H26F3IN4O2/c1-23(2,34)17-11-19-15(13-32(31-19)16-8-6-14(12-28)7-9-16)10-20(17)30-22(33)18-4-3-5-21(29-18)24(25,26)27/h3-5,10-11,13-14,16,34H,6-9,12H2,1-2H3,(H,30,33)/t14-,16-. The summed E-state index contributed by atoms with van der Waals surface area (Å²) in [4.78, 5) is 16.2. The average Bonchev–Trinajstić information content (AvgIpc) is 3.20. The molecule has 3 aromatic rings. The lowest BCUT2D eigenvalue weighted by Gasteiger charge is -2.27. The molecule has 0 spiro atoms. The topological polar surface area (TPSA) is 80.0 Å². The lowest BCUT2D eigenvalue weighted by Crippen LogP contribution is -2.22. The van der Waals surface area contributed by atoms with Crippen LogP contribution in [0, 0.1) is 5.92 Å². The third-order valence-corrected chi connectivity index (χ3v) is 7.50. The van der Waals surface area contributed by atoms with Crippen molar-refractivity contribution in [2.24, 2.45) is 5.92 Å². The van der Waals surface area contributed by atoms with Gasteiger partial charge in [-0.15, -0.1) is 0 Å². The molecule has 1 aromatic carbocycles. The molecule has 10 heteroatoms. The zero-order chi connectivity index (χ0) is 24.7. The normalized spacial score (nSPS) is 19.4. The molecule has 6 nitrogen and oxygen atoms in total. The van der Waals surface area contributed by atoms with E-state index in [0.717, 1.165) is 53.5 Å². The predicted octanol–water partition coefficient (Wildman–Crippen LogP) is 6.10. The van der Waals surface area contributed by atoms with Gasteiger partial charge in [-0.25, -0.2) is 4.98 Å². The van der Waals surface area contributed by atoms with Gasteiger partial charge >= 0.3 is 6.18 Å². The summed E-state index contributed by atoms with van der Waals surface area (Å²) in [7, 11) is 0. The number of carbonyl (C=O) groups excluding carboxylic acids is 1. The smallest absolute Gasteiger partial charge is 0.386 e. The van der Waals surface area contributed by atoms with Gasteiger partial charge in [0.05, 0.1) is 17.2 Å². The largest absolute Gasteiger partial charge is 0.433 e. The van der Waals surface area contributed by atoms with Crippen molar-refractivity contribution in [2.45, 2.75) is 57.3 Å². The molecule has 0 unspecified atom stereocenters. The molecule has 182 valence electrons. The molecule has 0 saturated heterocycles. The van der Waals surface area contributed by atoms with Gasteiger partial charge in [0.1, 0.15) is 11.4 Å². The fourth-order valence-electron chi connectivity index (χ4n) is 4.36. The number of alkyl halides is 4. The highest BCUT2D eigenvalue weighted by Gasteiger charge is 2.33. The van der Waals surface area contributed by atoms with Gasteiger partial charge in [-0.05, 0) is 69.7 Å². The summed E-state index contributed by atoms with van der Waals surface area (Å²) >= 11 is 2.43. The number of nitrogens with zero attached hydrogens (tertiary/aromatic N) is 3. The SMILES string of the molecule is CC(C)(O)c1cc2nn([C@H]3CC[C@H](CI)CC3)cc2cc1NC(=O)c1cccc(C(F)(F)F)n1. The summed E-state index contributed by atoms with van der Waals surface area (Å²) in [5.74, 6) is -0.0460. The van der Waals surface area contributed by atoms with Gasteiger partial charge in [0, 0.05) is 27.3 Å². The van der Waals surface area contributed by atoms with E-state index in [0.29, 0.717) is 22.8 Å². The molecule has 0 bridgehead atoms. The molecule has 0 atom stereocenters. The second-order valence-corrected chi connectivity index (χ2v) is 10.2. The Morgan fingerprint density at radius 3 is 2.53 bits per heavy atom. The first-order valence-corrected chi connectivity index (χ1v) is 12.7. The van der Waals surface area contributed by atoms with E-state index in [2.05, 4.69) is 32.9 Å². The first-order chi connectivity index (χ1) is 16.0. The fourth-order valence-corrected chi connectivity index (χ4v) is 5.24. The minimum Gasteiger partial charge on any atom is -0.386 e. The Hall–Kier alpha value is -2.21. The number of anilines is 1. The Bertz CT molecular complexity index is 1200. The van der Waals surface area contributed by atoms with E-state index in [9.17, 15) is 23.1 Å². The predicted molar refractivity (Wildman–Crippen MR) is 132 cm³/mol. The van der Waals surface area contributed by atoms with E-state index < -0.39 is 23.4 Å². The van der Waals surface area contributed by atoms with Gasteiger partial charge in [0.15, 0.2) is 0 Å². The van der Waals surface area contributed by atoms with Crippen LogP contribution in [0.15, 0.2) is 36.5 Å². The van der Waals surface area contributed by atoms with E-state index in [-0.39, 0.29) is 5.69 Å². The molecule has 1 amide bonds. The third-order valence-electron chi connectivity index (χ3n) is 6.25. The lowest BCUT2D eigenvalue weighted by atomic mass is 9.87. The highest BCUT2D eigenvalue weighted by Crippen LogP contribution is 2.36. The number of halogens is 4. The Labute approximate surface area is 209 Å². The van der Waals surface area contributed by atoms with Gasteiger partial charge in [-0.2, -0.15) is 18.3 Å². The molecule has 0 aliphatic heterocycles. The van der Waals surface area contributed by atoms with E-state index >= 15 is 0 Å². The maximum atomic E-state index is 13.0. The summed E-state index contributed by atoms with van der Waals surface area (Å²) in [6.45, 7) is 3.16. The summed E-state index contributed by atoms with van der Waals surface area (Å²) in [5, 5.41) is 18.9. The van der Waals surface area contributed by atoms with Crippen molar-refractivity contribution < 1.29 is 23.1 Å². The van der Waals surface area contributed by atoms with Crippen molar-refractivity contribution in [2.75, 3.05) is 9.74 Å². The van der Waals surface area contributed by atoms with Crippen LogP contribution in [0.25, 0.3) is 10.9 Å². The monoisotopic (exact) mass is 586 g/mol. The fraction of sp³-hybridized carbons (Fsp3) is 0.458. The van der Waals surface area contributed by atoms with Crippen molar-refractivity contribution >= 4 is 45.1 Å². The molecule has 1 aliphatic rings. The van der Waals surface area contributed by atoms with Gasteiger partial charge < -0.3 is 10.4 Å². The van der Waals surface area contributed by atoms with Gasteiger partial charge in [-0.3, -0.25) is 9.48 Å². The molecule has 0 radical (unpaired) electrons. The molecule has 34 heavy (non-hydrogen) atoms. The maximum absolute atomic E-state index is 13.0. The molecular weight excluding hydrogens is 560 g/mol. The van der Waals surface area contributed by atoms with Crippen LogP contribution in [-0.2, 0) is 11.8 Å². The Kier molecular flexibility index (Phi) is 6.92. The minimum atomic E-state index is -4.65. The van der Waals surface area contributed by atoms with Crippen molar-refractivity contribution in [1.82, 2.24) is 14.8 Å². The van der Waals surface area contributed by atoms with Crippen molar-refractivity contribution in [3.63, 3.8) is 0 Å². The van der Waals surface area contributed by atoms with Crippen molar-refractivity contribution in [3.8, 4) is 0 Å². The second-order valence-electron chi connectivity index (χ2n) is 9.31. The number of hydrogen-bond acceptors (Lipinski definition) is 4. The average molecular weight is 586 g/mol.